The van der Waals surface area contributed by atoms with Crippen LogP contribution in [0.1, 0.15) is 11.6 Å². The average Bonchev–Trinajstić information content (AvgIpc) is 2.07. The Hall–Kier alpha value is -1.02. The van der Waals surface area contributed by atoms with Crippen LogP contribution in [0.4, 0.5) is 13.2 Å². The van der Waals surface area contributed by atoms with E-state index in [9.17, 15) is 13.2 Å². The van der Waals surface area contributed by atoms with E-state index in [1.54, 1.807) is 6.07 Å². The Bertz CT molecular complexity index is 367. The van der Waals surface area contributed by atoms with E-state index < -0.39 is 12.2 Å². The summed E-state index contributed by atoms with van der Waals surface area (Å²) in [5.74, 6) is 0. The minimum atomic E-state index is -4.52. The third kappa shape index (κ3) is 2.26. The molecule has 0 aliphatic rings. The van der Waals surface area contributed by atoms with Gasteiger partial charge in [-0.05, 0) is 12.1 Å². The molecule has 0 N–H and O–H groups in total. The van der Waals surface area contributed by atoms with Crippen molar-refractivity contribution < 1.29 is 13.2 Å². The molecule has 0 radical (unpaired) electrons. The first-order valence-corrected chi connectivity index (χ1v) is 4.44. The highest BCUT2D eigenvalue weighted by Crippen LogP contribution is 2.38. The van der Waals surface area contributed by atoms with Gasteiger partial charge in [0.15, 0.2) is 0 Å². The van der Waals surface area contributed by atoms with Crippen LogP contribution in [-0.2, 0) is 0 Å². The minimum absolute atomic E-state index is 0.0463. The molecular weight excluding hydrogens is 259 g/mol. The zero-order valence-electron chi connectivity index (χ0n) is 6.85. The fraction of sp³-hybridized carbons (Fsp3) is 0.222. The molecule has 74 valence electrons. The molecule has 1 aromatic rings. The molecule has 0 saturated heterocycles. The van der Waals surface area contributed by atoms with Crippen molar-refractivity contribution in [2.75, 3.05) is 0 Å². The van der Waals surface area contributed by atoms with E-state index >= 15 is 0 Å². The van der Waals surface area contributed by atoms with Crippen molar-refractivity contribution in [1.82, 2.24) is 0 Å². The first kappa shape index (κ1) is 11.1. The smallest absolute Gasteiger partial charge is 0.298 e. The van der Waals surface area contributed by atoms with E-state index in [0.29, 0.717) is 4.47 Å². The fourth-order valence-corrected chi connectivity index (χ4v) is 1.52. The van der Waals surface area contributed by atoms with Crippen molar-refractivity contribution in [3.05, 3.63) is 45.7 Å². The summed E-state index contributed by atoms with van der Waals surface area (Å²) in [5.41, 5.74) is -0.0463. The lowest BCUT2D eigenvalue weighted by molar-refractivity contribution is -0.140. The first-order valence-electron chi connectivity index (χ1n) is 3.64. The predicted octanol–water partition coefficient (Wildman–Crippen LogP) is 3.97. The molecule has 1 unspecified atom stereocenters. The Morgan fingerprint density at radius 3 is 2.29 bits per heavy atom. The van der Waals surface area contributed by atoms with Gasteiger partial charge >= 0.3 is 12.2 Å². The number of rotatable bonds is 1. The lowest BCUT2D eigenvalue weighted by atomic mass is 10.1. The summed E-state index contributed by atoms with van der Waals surface area (Å²) in [6, 6.07) is 3.77. The molecule has 1 aromatic carbocycles. The topological polar surface area (TPSA) is 4.36 Å². The maximum atomic E-state index is 12.4. The minimum Gasteiger partial charge on any atom is -0.298 e. The molecule has 0 bridgehead atoms. The fourth-order valence-electron chi connectivity index (χ4n) is 1.02. The van der Waals surface area contributed by atoms with Crippen LogP contribution in [0, 0.1) is 6.57 Å². The van der Waals surface area contributed by atoms with E-state index in [0.717, 1.165) is 0 Å². The van der Waals surface area contributed by atoms with Gasteiger partial charge in [-0.1, -0.05) is 28.1 Å². The molecule has 0 fully saturated rings. The summed E-state index contributed by atoms with van der Waals surface area (Å²) >= 11 is 2.99. The predicted molar refractivity (Wildman–Crippen MR) is 49.5 cm³/mol. The Labute approximate surface area is 87.5 Å². The number of halogens is 4. The second-order valence-corrected chi connectivity index (χ2v) is 3.45. The van der Waals surface area contributed by atoms with E-state index in [-0.39, 0.29) is 5.56 Å². The summed E-state index contributed by atoms with van der Waals surface area (Å²) in [5, 5.41) is 0. The molecular formula is C9H5BrF3N. The lowest BCUT2D eigenvalue weighted by Gasteiger charge is -2.10. The second-order valence-electron chi connectivity index (χ2n) is 2.59. The number of nitrogens with zero attached hydrogens (tertiary/aromatic N) is 1. The van der Waals surface area contributed by atoms with Crippen LogP contribution in [0.15, 0.2) is 28.7 Å². The van der Waals surface area contributed by atoms with Gasteiger partial charge in [-0.2, -0.15) is 13.2 Å². The van der Waals surface area contributed by atoms with Gasteiger partial charge in [0.1, 0.15) is 0 Å². The SMILES string of the molecule is [C-]#[N+]C(c1ccccc1Br)C(F)(F)F. The standard InChI is InChI=1S/C9H5BrF3N/c1-14-8(9(11,12)13)6-4-2-3-5-7(6)10/h2-5,8H. The van der Waals surface area contributed by atoms with Crippen LogP contribution < -0.4 is 0 Å². The van der Waals surface area contributed by atoms with Crippen molar-refractivity contribution in [2.45, 2.75) is 12.2 Å². The largest absolute Gasteiger partial charge is 0.470 e. The van der Waals surface area contributed by atoms with Crippen molar-refractivity contribution >= 4 is 15.9 Å². The lowest BCUT2D eigenvalue weighted by Crippen LogP contribution is -2.17. The van der Waals surface area contributed by atoms with Gasteiger partial charge in [-0.3, -0.25) is 4.85 Å². The highest BCUT2D eigenvalue weighted by molar-refractivity contribution is 9.10. The number of hydrogen-bond acceptors (Lipinski definition) is 0. The monoisotopic (exact) mass is 263 g/mol. The van der Waals surface area contributed by atoms with Gasteiger partial charge < -0.3 is 0 Å². The number of hydrogen-bond donors (Lipinski definition) is 0. The Balaban J connectivity index is 3.16. The summed E-state index contributed by atoms with van der Waals surface area (Å²) in [7, 11) is 0. The molecule has 0 aromatic heterocycles. The summed E-state index contributed by atoms with van der Waals surface area (Å²) < 4.78 is 37.4. The highest BCUT2D eigenvalue weighted by atomic mass is 79.9. The molecule has 1 atom stereocenters. The van der Waals surface area contributed by atoms with Crippen LogP contribution in [0.25, 0.3) is 4.85 Å². The molecule has 1 rings (SSSR count). The molecule has 5 heteroatoms. The number of benzene rings is 1. The third-order valence-corrected chi connectivity index (χ3v) is 2.36. The van der Waals surface area contributed by atoms with E-state index in [4.69, 9.17) is 6.57 Å². The summed E-state index contributed by atoms with van der Waals surface area (Å²) in [6.45, 7) is 6.53. The normalized spacial score (nSPS) is 13.4. The summed E-state index contributed by atoms with van der Waals surface area (Å²) in [6.07, 6.45) is -4.52. The van der Waals surface area contributed by atoms with Gasteiger partial charge in [0, 0.05) is 4.47 Å². The summed E-state index contributed by atoms with van der Waals surface area (Å²) in [4.78, 5) is 2.59. The van der Waals surface area contributed by atoms with E-state index in [1.807, 2.05) is 0 Å². The molecule has 0 aliphatic carbocycles. The molecule has 0 heterocycles. The Morgan fingerprint density at radius 1 is 1.29 bits per heavy atom. The van der Waals surface area contributed by atoms with Crippen LogP contribution in [-0.4, -0.2) is 6.18 Å². The third-order valence-electron chi connectivity index (χ3n) is 1.64. The quantitative estimate of drug-likeness (QED) is 0.676. The van der Waals surface area contributed by atoms with Crippen molar-refractivity contribution in [2.24, 2.45) is 0 Å². The van der Waals surface area contributed by atoms with Crippen LogP contribution in [0.3, 0.4) is 0 Å². The molecule has 0 spiro atoms. The van der Waals surface area contributed by atoms with Crippen molar-refractivity contribution in [1.29, 1.82) is 0 Å². The van der Waals surface area contributed by atoms with Crippen LogP contribution >= 0.6 is 15.9 Å². The maximum Gasteiger partial charge on any atom is 0.470 e. The number of alkyl halides is 3. The van der Waals surface area contributed by atoms with Gasteiger partial charge in [-0.15, -0.1) is 0 Å². The van der Waals surface area contributed by atoms with Crippen LogP contribution in [0.2, 0.25) is 0 Å². The second kappa shape index (κ2) is 4.01. The van der Waals surface area contributed by atoms with Gasteiger partial charge in [-0.25, -0.2) is 6.57 Å². The van der Waals surface area contributed by atoms with Gasteiger partial charge in [0.2, 0.25) is 0 Å². The van der Waals surface area contributed by atoms with Gasteiger partial charge in [0.25, 0.3) is 0 Å². The average molecular weight is 264 g/mol. The van der Waals surface area contributed by atoms with Crippen molar-refractivity contribution in [3.63, 3.8) is 0 Å². The Morgan fingerprint density at radius 2 is 1.86 bits per heavy atom. The van der Waals surface area contributed by atoms with Crippen molar-refractivity contribution in [3.8, 4) is 0 Å². The van der Waals surface area contributed by atoms with E-state index in [1.165, 1.54) is 18.2 Å². The van der Waals surface area contributed by atoms with Gasteiger partial charge in [0.05, 0.1) is 5.56 Å². The molecule has 14 heavy (non-hydrogen) atoms. The molecule has 0 saturated carbocycles. The highest BCUT2D eigenvalue weighted by Gasteiger charge is 2.47. The zero-order chi connectivity index (χ0) is 10.8. The zero-order valence-corrected chi connectivity index (χ0v) is 8.43. The van der Waals surface area contributed by atoms with E-state index in [2.05, 4.69) is 20.8 Å². The maximum absolute atomic E-state index is 12.4. The van der Waals surface area contributed by atoms with Crippen LogP contribution in [0.5, 0.6) is 0 Å². The molecule has 0 aliphatic heterocycles. The molecule has 1 nitrogen and oxygen atoms in total. The molecule has 0 amide bonds. The Kier molecular flexibility index (Phi) is 3.17. The first-order chi connectivity index (χ1) is 6.46.